The first-order chi connectivity index (χ1) is 8.29. The van der Waals surface area contributed by atoms with Crippen molar-refractivity contribution in [3.63, 3.8) is 0 Å². The van der Waals surface area contributed by atoms with Crippen LogP contribution >= 0.6 is 12.2 Å². The van der Waals surface area contributed by atoms with Crippen LogP contribution in [0.2, 0.25) is 0 Å². The first-order valence-electron chi connectivity index (χ1n) is 5.02. The summed E-state index contributed by atoms with van der Waals surface area (Å²) in [6.07, 6.45) is -5.33. The number of rotatable bonds is 5. The molecular formula is C11H11F4NOS. The Bertz CT molecular complexity index is 434. The topological polar surface area (TPSA) is 35.2 Å². The third-order valence-electron chi connectivity index (χ3n) is 2.13. The van der Waals surface area contributed by atoms with E-state index in [0.717, 1.165) is 6.07 Å². The van der Waals surface area contributed by atoms with Crippen LogP contribution in [0.15, 0.2) is 18.2 Å². The lowest BCUT2D eigenvalue weighted by molar-refractivity contribution is -0.146. The Balaban J connectivity index is 2.51. The van der Waals surface area contributed by atoms with Crippen LogP contribution < -0.4 is 5.73 Å². The van der Waals surface area contributed by atoms with E-state index in [1.807, 2.05) is 0 Å². The molecule has 1 aromatic carbocycles. The fraction of sp³-hybridized carbons (Fsp3) is 0.364. The van der Waals surface area contributed by atoms with Crippen molar-refractivity contribution in [1.82, 2.24) is 0 Å². The minimum absolute atomic E-state index is 0.0541. The summed E-state index contributed by atoms with van der Waals surface area (Å²) in [6.45, 7) is -0.723. The molecule has 0 amide bonds. The number of hydrogen-bond acceptors (Lipinski definition) is 2. The Morgan fingerprint density at radius 1 is 1.33 bits per heavy atom. The average Bonchev–Trinajstić information content (AvgIpc) is 2.24. The Kier molecular flexibility index (Phi) is 5.03. The Hall–Kier alpha value is -1.21. The van der Waals surface area contributed by atoms with E-state index < -0.39 is 25.0 Å². The van der Waals surface area contributed by atoms with Crippen molar-refractivity contribution in [3.05, 3.63) is 35.1 Å². The molecule has 0 aliphatic heterocycles. The number of thiocarbonyl (C=S) groups is 1. The zero-order chi connectivity index (χ0) is 13.8. The van der Waals surface area contributed by atoms with Gasteiger partial charge >= 0.3 is 6.18 Å². The number of ether oxygens (including phenoxy) is 1. The third kappa shape index (κ3) is 4.97. The quantitative estimate of drug-likeness (QED) is 0.512. The highest BCUT2D eigenvalue weighted by molar-refractivity contribution is 7.80. The highest BCUT2D eigenvalue weighted by atomic mass is 32.1. The van der Waals surface area contributed by atoms with Gasteiger partial charge in [0.2, 0.25) is 0 Å². The highest BCUT2D eigenvalue weighted by Gasteiger charge is 2.26. The molecule has 0 aliphatic rings. The lowest BCUT2D eigenvalue weighted by atomic mass is 10.1. The molecule has 2 N–H and O–H groups in total. The van der Waals surface area contributed by atoms with Crippen LogP contribution in [0.25, 0.3) is 0 Å². The average molecular weight is 281 g/mol. The maximum Gasteiger partial charge on any atom is 0.391 e. The summed E-state index contributed by atoms with van der Waals surface area (Å²) < 4.78 is 53.7. The minimum Gasteiger partial charge on any atom is -0.389 e. The zero-order valence-corrected chi connectivity index (χ0v) is 10.1. The smallest absolute Gasteiger partial charge is 0.389 e. The van der Waals surface area contributed by atoms with E-state index in [0.29, 0.717) is 5.56 Å². The molecule has 100 valence electrons. The Morgan fingerprint density at radius 2 is 2.00 bits per heavy atom. The maximum atomic E-state index is 13.5. The molecule has 0 unspecified atom stereocenters. The molecule has 0 heterocycles. The minimum atomic E-state index is -4.27. The van der Waals surface area contributed by atoms with Crippen molar-refractivity contribution in [2.24, 2.45) is 5.73 Å². The zero-order valence-electron chi connectivity index (χ0n) is 9.26. The normalized spacial score (nSPS) is 11.6. The number of nitrogens with two attached hydrogens (primary N) is 1. The molecule has 7 heteroatoms. The molecule has 0 saturated heterocycles. The van der Waals surface area contributed by atoms with Crippen molar-refractivity contribution >= 4 is 17.2 Å². The van der Waals surface area contributed by atoms with Crippen LogP contribution in [0.1, 0.15) is 17.5 Å². The lowest BCUT2D eigenvalue weighted by Crippen LogP contribution is -2.12. The Labute approximate surface area is 107 Å². The summed E-state index contributed by atoms with van der Waals surface area (Å²) in [4.78, 5) is 0.0541. The van der Waals surface area contributed by atoms with Crippen LogP contribution in [-0.4, -0.2) is 17.8 Å². The summed E-state index contributed by atoms with van der Waals surface area (Å²) in [5.41, 5.74) is 5.84. The van der Waals surface area contributed by atoms with Gasteiger partial charge < -0.3 is 10.5 Å². The van der Waals surface area contributed by atoms with E-state index in [1.165, 1.54) is 12.1 Å². The molecule has 1 aromatic rings. The first kappa shape index (κ1) is 14.8. The molecule has 0 saturated carbocycles. The summed E-state index contributed by atoms with van der Waals surface area (Å²) in [5.74, 6) is -0.604. The lowest BCUT2D eigenvalue weighted by Gasteiger charge is -2.08. The van der Waals surface area contributed by atoms with E-state index in [2.05, 4.69) is 12.2 Å². The standard InChI is InChI=1S/C11H11F4NOS/c12-9-5-7(10(16)18)1-2-8(9)6-17-4-3-11(13,14)15/h1-2,5H,3-4,6H2,(H2,16,18). The molecular weight excluding hydrogens is 270 g/mol. The summed E-state index contributed by atoms with van der Waals surface area (Å²) in [5, 5.41) is 0. The van der Waals surface area contributed by atoms with E-state index in [1.54, 1.807) is 0 Å². The fourth-order valence-electron chi connectivity index (χ4n) is 1.19. The SMILES string of the molecule is NC(=S)c1ccc(COCCC(F)(F)F)c(F)c1. The largest absolute Gasteiger partial charge is 0.391 e. The molecule has 0 radical (unpaired) electrons. The van der Waals surface area contributed by atoms with Gasteiger partial charge in [-0.25, -0.2) is 4.39 Å². The van der Waals surface area contributed by atoms with E-state index >= 15 is 0 Å². The van der Waals surface area contributed by atoms with E-state index in [-0.39, 0.29) is 17.2 Å². The van der Waals surface area contributed by atoms with Gasteiger partial charge in [0.15, 0.2) is 0 Å². The summed E-state index contributed by atoms with van der Waals surface area (Å²) in [7, 11) is 0. The van der Waals surface area contributed by atoms with Crippen LogP contribution in [0.3, 0.4) is 0 Å². The summed E-state index contributed by atoms with van der Waals surface area (Å²) in [6, 6.07) is 4.01. The number of alkyl halides is 3. The van der Waals surface area contributed by atoms with Crippen LogP contribution in [0, 0.1) is 5.82 Å². The van der Waals surface area contributed by atoms with Gasteiger partial charge in [-0.05, 0) is 6.07 Å². The highest BCUT2D eigenvalue weighted by Crippen LogP contribution is 2.19. The monoisotopic (exact) mass is 281 g/mol. The maximum absolute atomic E-state index is 13.5. The predicted octanol–water partition coefficient (Wildman–Crippen LogP) is 2.93. The van der Waals surface area contributed by atoms with Gasteiger partial charge in [-0.2, -0.15) is 13.2 Å². The van der Waals surface area contributed by atoms with Gasteiger partial charge in [0.1, 0.15) is 10.8 Å². The number of halogens is 4. The predicted molar refractivity (Wildman–Crippen MR) is 62.6 cm³/mol. The van der Waals surface area contributed by atoms with Crippen molar-refractivity contribution in [2.75, 3.05) is 6.61 Å². The molecule has 0 bridgehead atoms. The molecule has 18 heavy (non-hydrogen) atoms. The molecule has 0 aromatic heterocycles. The van der Waals surface area contributed by atoms with Crippen LogP contribution in [0.4, 0.5) is 17.6 Å². The summed E-state index contributed by atoms with van der Waals surface area (Å²) >= 11 is 4.67. The number of benzene rings is 1. The first-order valence-corrected chi connectivity index (χ1v) is 5.43. The van der Waals surface area contributed by atoms with Crippen molar-refractivity contribution in [1.29, 1.82) is 0 Å². The van der Waals surface area contributed by atoms with Gasteiger partial charge in [0.05, 0.1) is 19.6 Å². The number of hydrogen-bond donors (Lipinski definition) is 1. The second-order valence-electron chi connectivity index (χ2n) is 3.59. The van der Waals surface area contributed by atoms with Crippen molar-refractivity contribution in [3.8, 4) is 0 Å². The molecule has 0 spiro atoms. The van der Waals surface area contributed by atoms with Crippen LogP contribution in [0.5, 0.6) is 0 Å². The van der Waals surface area contributed by atoms with Gasteiger partial charge in [-0.3, -0.25) is 0 Å². The Morgan fingerprint density at radius 3 is 2.50 bits per heavy atom. The van der Waals surface area contributed by atoms with E-state index in [9.17, 15) is 17.6 Å². The molecule has 0 atom stereocenters. The van der Waals surface area contributed by atoms with Gasteiger partial charge in [-0.1, -0.05) is 24.4 Å². The molecule has 1 rings (SSSR count). The molecule has 0 fully saturated rings. The second-order valence-corrected chi connectivity index (χ2v) is 4.03. The van der Waals surface area contributed by atoms with Gasteiger partial charge in [-0.15, -0.1) is 0 Å². The second kappa shape index (κ2) is 6.10. The third-order valence-corrected chi connectivity index (χ3v) is 2.36. The van der Waals surface area contributed by atoms with E-state index in [4.69, 9.17) is 10.5 Å². The molecule has 0 aliphatic carbocycles. The fourth-order valence-corrected chi connectivity index (χ4v) is 1.31. The van der Waals surface area contributed by atoms with Crippen molar-refractivity contribution < 1.29 is 22.3 Å². The van der Waals surface area contributed by atoms with Gasteiger partial charge in [0, 0.05) is 11.1 Å². The van der Waals surface area contributed by atoms with Crippen molar-refractivity contribution in [2.45, 2.75) is 19.2 Å². The molecule has 2 nitrogen and oxygen atoms in total. The van der Waals surface area contributed by atoms with Crippen LogP contribution in [-0.2, 0) is 11.3 Å². The van der Waals surface area contributed by atoms with Gasteiger partial charge in [0.25, 0.3) is 0 Å².